The summed E-state index contributed by atoms with van der Waals surface area (Å²) in [7, 11) is 3.73. The van der Waals surface area contributed by atoms with Crippen LogP contribution in [-0.4, -0.2) is 35.0 Å². The van der Waals surface area contributed by atoms with Crippen molar-refractivity contribution < 1.29 is 0 Å². The fraction of sp³-hybridized carbons (Fsp3) is 0.455. The van der Waals surface area contributed by atoms with E-state index in [1.807, 2.05) is 20.0 Å². The Labute approximate surface area is 101 Å². The molecule has 0 spiro atoms. The summed E-state index contributed by atoms with van der Waals surface area (Å²) in [6, 6.07) is 3.70. The van der Waals surface area contributed by atoms with E-state index in [2.05, 4.69) is 16.1 Å². The van der Waals surface area contributed by atoms with Gasteiger partial charge in [-0.25, -0.2) is 4.98 Å². The molecule has 5 heteroatoms. The van der Waals surface area contributed by atoms with E-state index in [9.17, 15) is 0 Å². The van der Waals surface area contributed by atoms with Crippen molar-refractivity contribution in [2.24, 2.45) is 0 Å². The Morgan fingerprint density at radius 1 is 1.50 bits per heavy atom. The van der Waals surface area contributed by atoms with E-state index in [1.54, 1.807) is 24.2 Å². The second kappa shape index (κ2) is 5.69. The summed E-state index contributed by atoms with van der Waals surface area (Å²) >= 11 is 5.71. The standard InChI is InChI=1S/C11H15ClN4/c1-9(16(3)8-13)15(2)7-10-4-5-11(12)14-6-10/h4-6,9H,7H2,1-3H3. The Balaban J connectivity index is 2.61. The highest BCUT2D eigenvalue weighted by Gasteiger charge is 2.13. The first-order chi connectivity index (χ1) is 7.54. The van der Waals surface area contributed by atoms with Gasteiger partial charge in [-0.1, -0.05) is 17.7 Å². The number of halogens is 1. The van der Waals surface area contributed by atoms with E-state index in [1.165, 1.54) is 0 Å². The van der Waals surface area contributed by atoms with Crippen LogP contribution in [0.4, 0.5) is 0 Å². The molecular weight excluding hydrogens is 224 g/mol. The zero-order valence-electron chi connectivity index (χ0n) is 9.68. The SMILES string of the molecule is CC(N(C)C#N)N(C)Cc1ccc(Cl)nc1. The molecule has 1 rings (SSSR count). The van der Waals surface area contributed by atoms with Gasteiger partial charge < -0.3 is 0 Å². The quantitative estimate of drug-likeness (QED) is 0.348. The van der Waals surface area contributed by atoms with E-state index < -0.39 is 0 Å². The lowest BCUT2D eigenvalue weighted by Gasteiger charge is -2.28. The zero-order valence-corrected chi connectivity index (χ0v) is 10.4. The first kappa shape index (κ1) is 12.8. The fourth-order valence-corrected chi connectivity index (χ4v) is 1.41. The number of nitriles is 1. The van der Waals surface area contributed by atoms with Crippen LogP contribution in [-0.2, 0) is 6.54 Å². The number of hydrogen-bond acceptors (Lipinski definition) is 4. The molecule has 0 radical (unpaired) electrons. The lowest BCUT2D eigenvalue weighted by Crippen LogP contribution is -2.39. The first-order valence-corrected chi connectivity index (χ1v) is 5.35. The molecule has 0 saturated carbocycles. The van der Waals surface area contributed by atoms with Crippen LogP contribution < -0.4 is 0 Å². The Morgan fingerprint density at radius 3 is 2.69 bits per heavy atom. The van der Waals surface area contributed by atoms with Crippen LogP contribution in [0, 0.1) is 11.5 Å². The highest BCUT2D eigenvalue weighted by molar-refractivity contribution is 6.29. The van der Waals surface area contributed by atoms with Gasteiger partial charge >= 0.3 is 0 Å². The van der Waals surface area contributed by atoms with E-state index in [0.29, 0.717) is 5.15 Å². The second-order valence-corrected chi connectivity index (χ2v) is 4.13. The summed E-state index contributed by atoms with van der Waals surface area (Å²) in [6.07, 6.45) is 3.90. The third-order valence-corrected chi connectivity index (χ3v) is 2.80. The average molecular weight is 239 g/mol. The maximum Gasteiger partial charge on any atom is 0.180 e. The monoisotopic (exact) mass is 238 g/mol. The van der Waals surface area contributed by atoms with Crippen LogP contribution in [0.3, 0.4) is 0 Å². The maximum atomic E-state index is 8.78. The van der Waals surface area contributed by atoms with Crippen molar-refractivity contribution in [2.75, 3.05) is 14.1 Å². The molecule has 0 aliphatic carbocycles. The normalized spacial score (nSPS) is 12.2. The Kier molecular flexibility index (Phi) is 4.53. The van der Waals surface area contributed by atoms with Gasteiger partial charge in [-0.2, -0.15) is 5.26 Å². The fourth-order valence-electron chi connectivity index (χ4n) is 1.30. The second-order valence-electron chi connectivity index (χ2n) is 3.75. The highest BCUT2D eigenvalue weighted by Crippen LogP contribution is 2.09. The predicted octanol–water partition coefficient (Wildman–Crippen LogP) is 1.93. The summed E-state index contributed by atoms with van der Waals surface area (Å²) in [5.41, 5.74) is 1.07. The van der Waals surface area contributed by atoms with Crippen LogP contribution in [0.25, 0.3) is 0 Å². The van der Waals surface area contributed by atoms with E-state index in [-0.39, 0.29) is 6.17 Å². The molecule has 0 fully saturated rings. The topological polar surface area (TPSA) is 43.2 Å². The number of pyridine rings is 1. The molecule has 16 heavy (non-hydrogen) atoms. The van der Waals surface area contributed by atoms with Crippen LogP contribution in [0.2, 0.25) is 5.15 Å². The number of aromatic nitrogens is 1. The van der Waals surface area contributed by atoms with Gasteiger partial charge in [-0.05, 0) is 25.6 Å². The minimum Gasteiger partial charge on any atom is -0.297 e. The molecule has 1 unspecified atom stereocenters. The molecule has 86 valence electrons. The summed E-state index contributed by atoms with van der Waals surface area (Å²) in [5, 5.41) is 9.27. The Bertz CT molecular complexity index is 371. The maximum absolute atomic E-state index is 8.78. The van der Waals surface area contributed by atoms with Crippen molar-refractivity contribution in [3.05, 3.63) is 29.0 Å². The van der Waals surface area contributed by atoms with Gasteiger partial charge in [0.25, 0.3) is 0 Å². The van der Waals surface area contributed by atoms with Crippen molar-refractivity contribution in [2.45, 2.75) is 19.6 Å². The van der Waals surface area contributed by atoms with Gasteiger partial charge in [0.15, 0.2) is 6.19 Å². The predicted molar refractivity (Wildman–Crippen MR) is 63.6 cm³/mol. The number of hydrogen-bond donors (Lipinski definition) is 0. The third kappa shape index (κ3) is 3.37. The molecule has 1 heterocycles. The molecule has 1 atom stereocenters. The van der Waals surface area contributed by atoms with Gasteiger partial charge in [-0.3, -0.25) is 9.80 Å². The molecular formula is C11H15ClN4. The van der Waals surface area contributed by atoms with Gasteiger partial charge in [-0.15, -0.1) is 0 Å². The molecule has 0 aliphatic heterocycles. The molecule has 0 amide bonds. The molecule has 0 saturated heterocycles. The molecule has 0 aromatic carbocycles. The first-order valence-electron chi connectivity index (χ1n) is 4.98. The summed E-state index contributed by atoms with van der Waals surface area (Å²) in [4.78, 5) is 7.68. The summed E-state index contributed by atoms with van der Waals surface area (Å²) in [5.74, 6) is 0. The van der Waals surface area contributed by atoms with Crippen molar-refractivity contribution in [1.82, 2.24) is 14.8 Å². The number of rotatable bonds is 4. The summed E-state index contributed by atoms with van der Waals surface area (Å²) < 4.78 is 0. The van der Waals surface area contributed by atoms with Gasteiger partial charge in [0.1, 0.15) is 5.15 Å². The van der Waals surface area contributed by atoms with E-state index in [4.69, 9.17) is 16.9 Å². The lowest BCUT2D eigenvalue weighted by atomic mass is 10.2. The van der Waals surface area contributed by atoms with Crippen molar-refractivity contribution in [3.8, 4) is 6.19 Å². The Morgan fingerprint density at radius 2 is 2.19 bits per heavy atom. The van der Waals surface area contributed by atoms with Crippen molar-refractivity contribution in [1.29, 1.82) is 5.26 Å². The average Bonchev–Trinajstić information content (AvgIpc) is 2.30. The lowest BCUT2D eigenvalue weighted by molar-refractivity contribution is 0.136. The van der Waals surface area contributed by atoms with Crippen molar-refractivity contribution >= 4 is 11.6 Å². The van der Waals surface area contributed by atoms with E-state index in [0.717, 1.165) is 12.1 Å². The smallest absolute Gasteiger partial charge is 0.180 e. The zero-order chi connectivity index (χ0) is 12.1. The minimum atomic E-state index is 0.0562. The van der Waals surface area contributed by atoms with Gasteiger partial charge in [0.2, 0.25) is 0 Å². The molecule has 0 N–H and O–H groups in total. The summed E-state index contributed by atoms with van der Waals surface area (Å²) in [6.45, 7) is 2.71. The number of nitrogens with zero attached hydrogens (tertiary/aromatic N) is 4. The van der Waals surface area contributed by atoms with Gasteiger partial charge in [0, 0.05) is 19.8 Å². The molecule has 0 bridgehead atoms. The molecule has 1 aromatic heterocycles. The molecule has 0 aliphatic rings. The highest BCUT2D eigenvalue weighted by atomic mass is 35.5. The van der Waals surface area contributed by atoms with Crippen LogP contribution in [0.15, 0.2) is 18.3 Å². The van der Waals surface area contributed by atoms with Gasteiger partial charge in [0.05, 0.1) is 6.17 Å². The van der Waals surface area contributed by atoms with Crippen LogP contribution >= 0.6 is 11.6 Å². The molecule has 1 aromatic rings. The van der Waals surface area contributed by atoms with E-state index >= 15 is 0 Å². The Hall–Kier alpha value is -1.31. The van der Waals surface area contributed by atoms with Crippen LogP contribution in [0.1, 0.15) is 12.5 Å². The van der Waals surface area contributed by atoms with Crippen LogP contribution in [0.5, 0.6) is 0 Å². The molecule has 4 nitrogen and oxygen atoms in total. The third-order valence-electron chi connectivity index (χ3n) is 2.58. The minimum absolute atomic E-state index is 0.0562. The van der Waals surface area contributed by atoms with Crippen molar-refractivity contribution in [3.63, 3.8) is 0 Å². The largest absolute Gasteiger partial charge is 0.297 e.